The van der Waals surface area contributed by atoms with Crippen LogP contribution in [-0.2, 0) is 4.79 Å². The largest absolute Gasteiger partial charge is 0.337 e. The lowest BCUT2D eigenvalue weighted by Crippen LogP contribution is -2.17. The van der Waals surface area contributed by atoms with Crippen molar-refractivity contribution < 1.29 is 4.79 Å². The Morgan fingerprint density at radius 2 is 2.04 bits per heavy atom. The highest BCUT2D eigenvalue weighted by Gasteiger charge is 2.15. The van der Waals surface area contributed by atoms with E-state index in [1.54, 1.807) is 0 Å². The first-order valence-electron chi connectivity index (χ1n) is 8.05. The van der Waals surface area contributed by atoms with Gasteiger partial charge in [-0.3, -0.25) is 4.79 Å². The maximum Gasteiger partial charge on any atom is 0.267 e. The third-order valence-electron chi connectivity index (χ3n) is 3.90. The minimum Gasteiger partial charge on any atom is -0.337 e. The molecule has 0 aliphatic rings. The third kappa shape index (κ3) is 4.46. The molecule has 0 fully saturated rings. The number of nitrogens with zero attached hydrogens (tertiary/aromatic N) is 2. The Bertz CT molecular complexity index is 839. The summed E-state index contributed by atoms with van der Waals surface area (Å²) in [5.41, 5.74) is 3.72. The molecule has 2 aromatic rings. The molecule has 5 nitrogen and oxygen atoms in total. The number of thiazole rings is 1. The fourth-order valence-corrected chi connectivity index (χ4v) is 3.12. The molecular formula is C19H22N4OS. The van der Waals surface area contributed by atoms with E-state index in [9.17, 15) is 10.1 Å². The molecule has 0 bridgehead atoms. The van der Waals surface area contributed by atoms with Crippen LogP contribution in [0.5, 0.6) is 0 Å². The zero-order chi connectivity index (χ0) is 18.6. The van der Waals surface area contributed by atoms with Gasteiger partial charge in [0.1, 0.15) is 11.6 Å². The van der Waals surface area contributed by atoms with Gasteiger partial charge in [-0.05, 0) is 37.8 Å². The second-order valence-corrected chi connectivity index (χ2v) is 7.33. The summed E-state index contributed by atoms with van der Waals surface area (Å²) in [6.45, 7) is 9.98. The van der Waals surface area contributed by atoms with Crippen LogP contribution in [0.25, 0.3) is 0 Å². The number of benzene rings is 1. The number of para-hydroxylation sites is 1. The number of hydrogen-bond acceptors (Lipinski definition) is 5. The number of aromatic nitrogens is 1. The number of anilines is 2. The average molecular weight is 354 g/mol. The molecule has 0 unspecified atom stereocenters. The first-order valence-corrected chi connectivity index (χ1v) is 8.86. The zero-order valence-corrected chi connectivity index (χ0v) is 15.9. The molecule has 0 saturated heterocycles. The van der Waals surface area contributed by atoms with E-state index >= 15 is 0 Å². The second kappa shape index (κ2) is 7.95. The van der Waals surface area contributed by atoms with Crippen LogP contribution in [0.1, 0.15) is 41.5 Å². The topological polar surface area (TPSA) is 77.8 Å². The highest BCUT2D eigenvalue weighted by Crippen LogP contribution is 2.28. The first kappa shape index (κ1) is 18.7. The van der Waals surface area contributed by atoms with Crippen molar-refractivity contribution in [2.45, 2.75) is 40.5 Å². The monoisotopic (exact) mass is 354 g/mol. The number of nitrogens with one attached hydrogen (secondary N) is 2. The maximum atomic E-state index is 12.5. The minimum atomic E-state index is -0.434. The molecule has 25 heavy (non-hydrogen) atoms. The van der Waals surface area contributed by atoms with Gasteiger partial charge in [0.25, 0.3) is 5.91 Å². The predicted octanol–water partition coefficient (Wildman–Crippen LogP) is 4.65. The summed E-state index contributed by atoms with van der Waals surface area (Å²) in [7, 11) is 0. The lowest BCUT2D eigenvalue weighted by molar-refractivity contribution is -0.112. The van der Waals surface area contributed by atoms with Gasteiger partial charge in [0.2, 0.25) is 0 Å². The van der Waals surface area contributed by atoms with Crippen molar-refractivity contribution >= 4 is 28.1 Å². The molecule has 0 spiro atoms. The molecule has 6 heteroatoms. The van der Waals surface area contributed by atoms with Gasteiger partial charge in [0, 0.05) is 16.8 Å². The van der Waals surface area contributed by atoms with E-state index < -0.39 is 5.91 Å². The Kier molecular flexibility index (Phi) is 5.94. The summed E-state index contributed by atoms with van der Waals surface area (Å²) in [6, 6.07) is 7.84. The molecule has 0 aliphatic carbocycles. The minimum absolute atomic E-state index is 0.00321. The van der Waals surface area contributed by atoms with Gasteiger partial charge in [0.05, 0.1) is 5.69 Å². The summed E-state index contributed by atoms with van der Waals surface area (Å²) >= 11 is 1.48. The number of nitriles is 1. The number of aryl methyl sites for hydroxylation is 3. The van der Waals surface area contributed by atoms with Crippen molar-refractivity contribution in [1.29, 1.82) is 5.26 Å². The normalized spacial score (nSPS) is 11.3. The smallest absolute Gasteiger partial charge is 0.267 e. The van der Waals surface area contributed by atoms with Gasteiger partial charge >= 0.3 is 0 Å². The fraction of sp³-hybridized carbons (Fsp3) is 0.316. The van der Waals surface area contributed by atoms with Gasteiger partial charge < -0.3 is 10.6 Å². The second-order valence-electron chi connectivity index (χ2n) is 6.12. The Morgan fingerprint density at radius 1 is 1.32 bits per heavy atom. The number of carbonyl (C=O) groups is 1. The van der Waals surface area contributed by atoms with E-state index in [0.717, 1.165) is 27.4 Å². The van der Waals surface area contributed by atoms with Gasteiger partial charge in [-0.1, -0.05) is 32.0 Å². The summed E-state index contributed by atoms with van der Waals surface area (Å²) in [5.74, 6) is -0.166. The summed E-state index contributed by atoms with van der Waals surface area (Å²) < 4.78 is 0. The van der Waals surface area contributed by atoms with Gasteiger partial charge in [-0.2, -0.15) is 5.26 Å². The standard InChI is InChI=1S/C19H22N4OS/c1-11(2)16-8-6-7-12(3)17(16)23-18(24)15(9-20)10-21-19-22-13(4)14(5)25-19/h6-8,10-11H,1-5H3,(H,21,22)(H,23,24)/b15-10-. The molecule has 130 valence electrons. The van der Waals surface area contributed by atoms with Crippen molar-refractivity contribution in [2.75, 3.05) is 10.6 Å². The van der Waals surface area contributed by atoms with Crippen molar-refractivity contribution in [2.24, 2.45) is 0 Å². The van der Waals surface area contributed by atoms with Crippen molar-refractivity contribution in [3.8, 4) is 6.07 Å². The van der Waals surface area contributed by atoms with E-state index in [1.165, 1.54) is 17.5 Å². The number of hydrogen-bond donors (Lipinski definition) is 2. The molecule has 1 amide bonds. The Morgan fingerprint density at radius 3 is 2.60 bits per heavy atom. The van der Waals surface area contributed by atoms with Crippen LogP contribution in [-0.4, -0.2) is 10.9 Å². The summed E-state index contributed by atoms with van der Waals surface area (Å²) in [6.07, 6.45) is 1.40. The predicted molar refractivity (Wildman–Crippen MR) is 103 cm³/mol. The fourth-order valence-electron chi connectivity index (χ4n) is 2.34. The van der Waals surface area contributed by atoms with Crippen molar-refractivity contribution in [1.82, 2.24) is 4.98 Å². The van der Waals surface area contributed by atoms with Crippen LogP contribution < -0.4 is 10.6 Å². The van der Waals surface area contributed by atoms with Crippen LogP contribution >= 0.6 is 11.3 Å². The zero-order valence-electron chi connectivity index (χ0n) is 15.1. The van der Waals surface area contributed by atoms with Crippen LogP contribution in [0.15, 0.2) is 30.0 Å². The quantitative estimate of drug-likeness (QED) is 0.605. The van der Waals surface area contributed by atoms with Gasteiger partial charge in [-0.15, -0.1) is 11.3 Å². The van der Waals surface area contributed by atoms with Crippen molar-refractivity contribution in [3.63, 3.8) is 0 Å². The Hall–Kier alpha value is -2.65. The van der Waals surface area contributed by atoms with E-state index in [-0.39, 0.29) is 11.5 Å². The average Bonchev–Trinajstić information content (AvgIpc) is 2.88. The molecular weight excluding hydrogens is 332 g/mol. The number of carbonyl (C=O) groups excluding carboxylic acids is 1. The first-order chi connectivity index (χ1) is 11.8. The van der Waals surface area contributed by atoms with E-state index in [1.807, 2.05) is 45.0 Å². The van der Waals surface area contributed by atoms with Gasteiger partial charge in [0.15, 0.2) is 5.13 Å². The number of rotatable bonds is 5. The molecule has 1 aromatic heterocycles. The maximum absolute atomic E-state index is 12.5. The molecule has 0 atom stereocenters. The summed E-state index contributed by atoms with van der Waals surface area (Å²) in [4.78, 5) is 17.9. The Balaban J connectivity index is 2.21. The molecule has 0 saturated carbocycles. The lowest BCUT2D eigenvalue weighted by atomic mass is 9.98. The molecule has 2 N–H and O–H groups in total. The van der Waals surface area contributed by atoms with Crippen LogP contribution in [0.3, 0.4) is 0 Å². The third-order valence-corrected chi connectivity index (χ3v) is 4.90. The van der Waals surface area contributed by atoms with Crippen molar-refractivity contribution in [3.05, 3.63) is 51.7 Å². The van der Waals surface area contributed by atoms with Crippen LogP contribution in [0, 0.1) is 32.1 Å². The molecule has 1 aromatic carbocycles. The molecule has 0 aliphatic heterocycles. The highest BCUT2D eigenvalue weighted by atomic mass is 32.1. The van der Waals surface area contributed by atoms with E-state index in [2.05, 4.69) is 29.5 Å². The SMILES string of the molecule is Cc1cccc(C(C)C)c1NC(=O)/C(C#N)=C\Nc1nc(C)c(C)s1. The lowest BCUT2D eigenvalue weighted by Gasteiger charge is -2.16. The molecule has 0 radical (unpaired) electrons. The van der Waals surface area contributed by atoms with E-state index in [0.29, 0.717) is 5.13 Å². The summed E-state index contributed by atoms with van der Waals surface area (Å²) in [5, 5.41) is 15.8. The number of amides is 1. The van der Waals surface area contributed by atoms with E-state index in [4.69, 9.17) is 0 Å². The van der Waals surface area contributed by atoms with Gasteiger partial charge in [-0.25, -0.2) is 4.98 Å². The molecule has 1 heterocycles. The van der Waals surface area contributed by atoms with Crippen LogP contribution in [0.2, 0.25) is 0 Å². The Labute approximate surface area is 152 Å². The van der Waals surface area contributed by atoms with Crippen LogP contribution in [0.4, 0.5) is 10.8 Å². The highest BCUT2D eigenvalue weighted by molar-refractivity contribution is 7.15. The molecule has 2 rings (SSSR count).